The maximum absolute atomic E-state index is 11.0. The highest BCUT2D eigenvalue weighted by molar-refractivity contribution is 6.31. The van der Waals surface area contributed by atoms with E-state index in [9.17, 15) is 4.79 Å². The molecule has 2 nitrogen and oxygen atoms in total. The van der Waals surface area contributed by atoms with Gasteiger partial charge in [0.25, 0.3) is 0 Å². The van der Waals surface area contributed by atoms with Gasteiger partial charge < -0.3 is 4.74 Å². The predicted octanol–water partition coefficient (Wildman–Crippen LogP) is 4.04. The average molecular weight is 261 g/mol. The van der Waals surface area contributed by atoms with Gasteiger partial charge >= 0.3 is 0 Å². The minimum atomic E-state index is 0.353. The van der Waals surface area contributed by atoms with Gasteiger partial charge in [0.2, 0.25) is 0 Å². The highest BCUT2D eigenvalue weighted by atomic mass is 35.5. The maximum atomic E-state index is 11.0. The Bertz CT molecular complexity index is 564. The van der Waals surface area contributed by atoms with Crippen molar-refractivity contribution >= 4 is 17.9 Å². The maximum Gasteiger partial charge on any atom is 0.153 e. The summed E-state index contributed by atoms with van der Waals surface area (Å²) in [6.07, 6.45) is 0.801. The number of carbonyl (C=O) groups is 1. The van der Waals surface area contributed by atoms with Gasteiger partial charge in [-0.2, -0.15) is 0 Å². The van der Waals surface area contributed by atoms with Crippen molar-refractivity contribution in [2.45, 2.75) is 13.5 Å². The number of halogens is 1. The van der Waals surface area contributed by atoms with Crippen LogP contribution < -0.4 is 4.74 Å². The third-order valence-corrected chi connectivity index (χ3v) is 3.07. The number of para-hydroxylation sites is 1. The molecule has 0 aromatic heterocycles. The highest BCUT2D eigenvalue weighted by Gasteiger charge is 2.07. The van der Waals surface area contributed by atoms with E-state index in [4.69, 9.17) is 16.3 Å². The van der Waals surface area contributed by atoms with Crippen LogP contribution in [0.2, 0.25) is 5.02 Å². The minimum Gasteiger partial charge on any atom is -0.488 e. The molecule has 2 aromatic rings. The zero-order valence-electron chi connectivity index (χ0n) is 10.0. The van der Waals surface area contributed by atoms with Gasteiger partial charge in [0.1, 0.15) is 12.4 Å². The Kier molecular flexibility index (Phi) is 4.00. The van der Waals surface area contributed by atoms with Crippen molar-refractivity contribution < 1.29 is 9.53 Å². The number of aryl methyl sites for hydroxylation is 1. The molecule has 0 heterocycles. The molecule has 2 aromatic carbocycles. The molecule has 0 unspecified atom stereocenters. The van der Waals surface area contributed by atoms with Crippen molar-refractivity contribution in [3.63, 3.8) is 0 Å². The lowest BCUT2D eigenvalue weighted by Gasteiger charge is -2.12. The van der Waals surface area contributed by atoms with Gasteiger partial charge in [-0.25, -0.2) is 0 Å². The summed E-state index contributed by atoms with van der Waals surface area (Å²) in [6.45, 7) is 2.26. The molecule has 92 valence electrons. The first-order valence-electron chi connectivity index (χ1n) is 5.63. The van der Waals surface area contributed by atoms with Crippen LogP contribution in [0.25, 0.3) is 0 Å². The van der Waals surface area contributed by atoms with E-state index in [1.165, 1.54) is 0 Å². The van der Waals surface area contributed by atoms with Crippen molar-refractivity contribution in [3.8, 4) is 5.75 Å². The summed E-state index contributed by atoms with van der Waals surface area (Å²) in [6, 6.07) is 13.0. The summed E-state index contributed by atoms with van der Waals surface area (Å²) in [5.41, 5.74) is 2.40. The van der Waals surface area contributed by atoms with Crippen molar-refractivity contribution in [1.29, 1.82) is 0 Å². The number of aldehydes is 1. The van der Waals surface area contributed by atoms with Gasteiger partial charge in [-0.05, 0) is 24.6 Å². The van der Waals surface area contributed by atoms with Crippen LogP contribution in [0.15, 0.2) is 42.5 Å². The topological polar surface area (TPSA) is 26.3 Å². The Balaban J connectivity index is 2.21. The second-order valence-corrected chi connectivity index (χ2v) is 4.40. The van der Waals surface area contributed by atoms with Crippen LogP contribution in [0.1, 0.15) is 21.5 Å². The minimum absolute atomic E-state index is 0.353. The second-order valence-electron chi connectivity index (χ2n) is 3.99. The van der Waals surface area contributed by atoms with E-state index in [1.807, 2.05) is 43.3 Å². The third kappa shape index (κ3) is 2.71. The summed E-state index contributed by atoms with van der Waals surface area (Å²) in [5.74, 6) is 0.618. The molecule has 0 atom stereocenters. The molecule has 0 bridgehead atoms. The Morgan fingerprint density at radius 3 is 2.67 bits per heavy atom. The number of carbonyl (C=O) groups excluding carboxylic acids is 1. The molecule has 0 aliphatic heterocycles. The first-order chi connectivity index (χ1) is 8.72. The SMILES string of the molecule is Cc1cccc(C=O)c1OCc1ccccc1Cl. The second kappa shape index (κ2) is 5.69. The van der Waals surface area contributed by atoms with E-state index < -0.39 is 0 Å². The molecule has 0 saturated carbocycles. The number of hydrogen-bond donors (Lipinski definition) is 0. The number of hydrogen-bond acceptors (Lipinski definition) is 2. The number of benzene rings is 2. The summed E-state index contributed by atoms with van der Waals surface area (Å²) in [4.78, 5) is 11.0. The smallest absolute Gasteiger partial charge is 0.153 e. The molecular formula is C15H13ClO2. The van der Waals surface area contributed by atoms with Crippen LogP contribution in [0.3, 0.4) is 0 Å². The van der Waals surface area contributed by atoms with E-state index >= 15 is 0 Å². The van der Waals surface area contributed by atoms with Gasteiger partial charge in [-0.1, -0.05) is 41.9 Å². The first kappa shape index (κ1) is 12.7. The average Bonchev–Trinajstić information content (AvgIpc) is 2.39. The van der Waals surface area contributed by atoms with Crippen LogP contribution in [-0.2, 0) is 6.61 Å². The van der Waals surface area contributed by atoms with Crippen LogP contribution in [-0.4, -0.2) is 6.29 Å². The predicted molar refractivity (Wildman–Crippen MR) is 72.4 cm³/mol. The Hall–Kier alpha value is -1.80. The first-order valence-corrected chi connectivity index (χ1v) is 6.01. The monoisotopic (exact) mass is 260 g/mol. The third-order valence-electron chi connectivity index (χ3n) is 2.70. The molecule has 18 heavy (non-hydrogen) atoms. The lowest BCUT2D eigenvalue weighted by Crippen LogP contribution is -2.00. The quantitative estimate of drug-likeness (QED) is 0.776. The standard InChI is InChI=1S/C15H13ClO2/c1-11-5-4-7-12(9-17)15(11)18-10-13-6-2-3-8-14(13)16/h2-9H,10H2,1H3. The van der Waals surface area contributed by atoms with E-state index in [0.717, 1.165) is 17.4 Å². The van der Waals surface area contributed by atoms with Gasteiger partial charge in [-0.15, -0.1) is 0 Å². The Morgan fingerprint density at radius 1 is 1.17 bits per heavy atom. The van der Waals surface area contributed by atoms with E-state index in [-0.39, 0.29) is 0 Å². The molecule has 0 spiro atoms. The lowest BCUT2D eigenvalue weighted by atomic mass is 10.1. The van der Waals surface area contributed by atoms with Gasteiger partial charge in [-0.3, -0.25) is 4.79 Å². The summed E-state index contributed by atoms with van der Waals surface area (Å²) in [5, 5.41) is 0.665. The van der Waals surface area contributed by atoms with Crippen molar-refractivity contribution in [2.75, 3.05) is 0 Å². The molecule has 0 saturated heterocycles. The molecule has 0 aliphatic carbocycles. The summed E-state index contributed by atoms with van der Waals surface area (Å²) in [7, 11) is 0. The molecule has 0 fully saturated rings. The van der Waals surface area contributed by atoms with Gasteiger partial charge in [0.15, 0.2) is 6.29 Å². The summed E-state index contributed by atoms with van der Waals surface area (Å²) < 4.78 is 5.71. The molecule has 0 aliphatic rings. The highest BCUT2D eigenvalue weighted by Crippen LogP contribution is 2.24. The number of rotatable bonds is 4. The fourth-order valence-electron chi connectivity index (χ4n) is 1.73. The number of ether oxygens (including phenoxy) is 1. The molecule has 0 radical (unpaired) electrons. The van der Waals surface area contributed by atoms with E-state index in [2.05, 4.69) is 0 Å². The zero-order chi connectivity index (χ0) is 13.0. The molecule has 0 N–H and O–H groups in total. The largest absolute Gasteiger partial charge is 0.488 e. The normalized spacial score (nSPS) is 10.1. The zero-order valence-corrected chi connectivity index (χ0v) is 10.8. The lowest BCUT2D eigenvalue weighted by molar-refractivity contribution is 0.111. The van der Waals surface area contributed by atoms with Crippen molar-refractivity contribution in [1.82, 2.24) is 0 Å². The van der Waals surface area contributed by atoms with Crippen LogP contribution in [0.5, 0.6) is 5.75 Å². The Morgan fingerprint density at radius 2 is 1.94 bits per heavy atom. The van der Waals surface area contributed by atoms with Gasteiger partial charge in [0, 0.05) is 10.6 Å². The molecule has 2 rings (SSSR count). The Labute approximate surface area is 111 Å². The fourth-order valence-corrected chi connectivity index (χ4v) is 1.92. The molecule has 3 heteroatoms. The fraction of sp³-hybridized carbons (Fsp3) is 0.133. The molecular weight excluding hydrogens is 248 g/mol. The van der Waals surface area contributed by atoms with Crippen LogP contribution in [0, 0.1) is 6.92 Å². The van der Waals surface area contributed by atoms with Crippen LogP contribution in [0.4, 0.5) is 0 Å². The van der Waals surface area contributed by atoms with Crippen LogP contribution >= 0.6 is 11.6 Å². The van der Waals surface area contributed by atoms with E-state index in [0.29, 0.717) is 22.9 Å². The van der Waals surface area contributed by atoms with Crippen molar-refractivity contribution in [2.24, 2.45) is 0 Å². The van der Waals surface area contributed by atoms with E-state index in [1.54, 1.807) is 6.07 Å². The van der Waals surface area contributed by atoms with Crippen molar-refractivity contribution in [3.05, 3.63) is 64.2 Å². The molecule has 0 amide bonds. The summed E-state index contributed by atoms with van der Waals surface area (Å²) >= 11 is 6.05. The van der Waals surface area contributed by atoms with Gasteiger partial charge in [0.05, 0.1) is 5.56 Å².